The summed E-state index contributed by atoms with van der Waals surface area (Å²) in [4.78, 5) is 0. The van der Waals surface area contributed by atoms with E-state index >= 15 is 0 Å². The fraction of sp³-hybridized carbons (Fsp3) is 0.455. The van der Waals surface area contributed by atoms with Gasteiger partial charge in [-0.05, 0) is 17.5 Å². The molecule has 0 heterocycles. The Morgan fingerprint density at radius 2 is 2.00 bits per heavy atom. The number of hydrogen-bond acceptors (Lipinski definition) is 2. The summed E-state index contributed by atoms with van der Waals surface area (Å²) in [6, 6.07) is 4.58. The minimum absolute atomic E-state index is 0.0404. The third kappa shape index (κ3) is 2.91. The minimum atomic E-state index is -0.434. The molecular weight excluding hydrogens is 181 g/mol. The van der Waals surface area contributed by atoms with Gasteiger partial charge in [-0.15, -0.1) is 0 Å². The predicted octanol–water partition coefficient (Wildman–Crippen LogP) is 2.83. The first-order chi connectivity index (χ1) is 6.40. The van der Waals surface area contributed by atoms with Gasteiger partial charge in [-0.3, -0.25) is 0 Å². The van der Waals surface area contributed by atoms with Crippen LogP contribution in [-0.2, 0) is 0 Å². The molecule has 1 rings (SSSR count). The molecule has 0 aromatic heterocycles. The normalized spacial score (nSPS) is 11.4. The van der Waals surface area contributed by atoms with Crippen LogP contribution in [0, 0.1) is 11.2 Å². The number of para-hydroxylation sites is 1. The van der Waals surface area contributed by atoms with Crippen molar-refractivity contribution in [2.45, 2.75) is 20.8 Å². The zero-order chi connectivity index (χ0) is 10.8. The molecule has 14 heavy (non-hydrogen) atoms. The lowest BCUT2D eigenvalue weighted by molar-refractivity contribution is 0.198. The maximum Gasteiger partial charge on any atom is 0.149 e. The second-order valence-corrected chi connectivity index (χ2v) is 4.50. The first kappa shape index (κ1) is 10.8. The van der Waals surface area contributed by atoms with Crippen molar-refractivity contribution >= 4 is 5.69 Å². The van der Waals surface area contributed by atoms with Crippen molar-refractivity contribution in [3.8, 4) is 5.75 Å². The number of benzene rings is 1. The predicted molar refractivity (Wildman–Crippen MR) is 55.8 cm³/mol. The first-order valence-corrected chi connectivity index (χ1v) is 4.57. The van der Waals surface area contributed by atoms with Crippen molar-refractivity contribution in [2.24, 2.45) is 5.41 Å². The fourth-order valence-corrected chi connectivity index (χ4v) is 0.937. The molecule has 3 heteroatoms. The standard InChI is InChI=1S/C11H16FNO/c1-11(2,3)7-14-9-6-4-5-8(12)10(9)13/h4-6H,7,13H2,1-3H3. The zero-order valence-electron chi connectivity index (χ0n) is 8.80. The van der Waals surface area contributed by atoms with Crippen LogP contribution in [0.15, 0.2) is 18.2 Å². The molecule has 0 saturated carbocycles. The van der Waals surface area contributed by atoms with Crippen molar-refractivity contribution in [3.63, 3.8) is 0 Å². The number of nitrogens with two attached hydrogens (primary N) is 1. The first-order valence-electron chi connectivity index (χ1n) is 4.57. The Labute approximate surface area is 83.9 Å². The molecule has 2 nitrogen and oxygen atoms in total. The Morgan fingerprint density at radius 1 is 1.36 bits per heavy atom. The quantitative estimate of drug-likeness (QED) is 0.740. The average molecular weight is 197 g/mol. The molecule has 0 fully saturated rings. The molecule has 0 aliphatic rings. The van der Waals surface area contributed by atoms with E-state index in [1.807, 2.05) is 20.8 Å². The summed E-state index contributed by atoms with van der Waals surface area (Å²) >= 11 is 0. The fourth-order valence-electron chi connectivity index (χ4n) is 0.937. The highest BCUT2D eigenvalue weighted by atomic mass is 19.1. The van der Waals surface area contributed by atoms with Crippen LogP contribution >= 0.6 is 0 Å². The molecular formula is C11H16FNO. The van der Waals surface area contributed by atoms with Gasteiger partial charge in [0.2, 0.25) is 0 Å². The maximum atomic E-state index is 13.0. The van der Waals surface area contributed by atoms with Gasteiger partial charge >= 0.3 is 0 Å². The van der Waals surface area contributed by atoms with Crippen LogP contribution in [0.3, 0.4) is 0 Å². The molecule has 0 aliphatic heterocycles. The number of ether oxygens (including phenoxy) is 1. The van der Waals surface area contributed by atoms with Gasteiger partial charge < -0.3 is 10.5 Å². The van der Waals surface area contributed by atoms with Gasteiger partial charge in [-0.1, -0.05) is 26.8 Å². The van der Waals surface area contributed by atoms with Crippen molar-refractivity contribution < 1.29 is 9.13 Å². The summed E-state index contributed by atoms with van der Waals surface area (Å²) in [6.45, 7) is 6.65. The van der Waals surface area contributed by atoms with E-state index in [-0.39, 0.29) is 11.1 Å². The van der Waals surface area contributed by atoms with Crippen LogP contribution in [0.25, 0.3) is 0 Å². The van der Waals surface area contributed by atoms with Gasteiger partial charge in [-0.25, -0.2) is 4.39 Å². The summed E-state index contributed by atoms with van der Waals surface area (Å²) in [5.41, 5.74) is 5.63. The highest BCUT2D eigenvalue weighted by molar-refractivity contribution is 5.53. The zero-order valence-corrected chi connectivity index (χ0v) is 8.80. The highest BCUT2D eigenvalue weighted by Crippen LogP contribution is 2.25. The van der Waals surface area contributed by atoms with Crippen LogP contribution in [-0.4, -0.2) is 6.61 Å². The van der Waals surface area contributed by atoms with E-state index in [0.29, 0.717) is 12.4 Å². The maximum absolute atomic E-state index is 13.0. The van der Waals surface area contributed by atoms with E-state index in [4.69, 9.17) is 10.5 Å². The monoisotopic (exact) mass is 197 g/mol. The van der Waals surface area contributed by atoms with Crippen LogP contribution in [0.2, 0.25) is 0 Å². The molecule has 0 aliphatic carbocycles. The number of anilines is 1. The molecule has 0 unspecified atom stereocenters. The SMILES string of the molecule is CC(C)(C)COc1cccc(F)c1N. The van der Waals surface area contributed by atoms with E-state index in [1.165, 1.54) is 6.07 Å². The Hall–Kier alpha value is -1.25. The van der Waals surface area contributed by atoms with Crippen molar-refractivity contribution in [1.82, 2.24) is 0 Å². The number of hydrogen-bond donors (Lipinski definition) is 1. The van der Waals surface area contributed by atoms with Crippen LogP contribution < -0.4 is 10.5 Å². The molecule has 78 valence electrons. The van der Waals surface area contributed by atoms with E-state index in [1.54, 1.807) is 12.1 Å². The molecule has 1 aromatic rings. The summed E-state index contributed by atoms with van der Waals surface area (Å²) in [5, 5.41) is 0. The van der Waals surface area contributed by atoms with Crippen molar-refractivity contribution in [2.75, 3.05) is 12.3 Å². The summed E-state index contributed by atoms with van der Waals surface area (Å²) in [5.74, 6) is -0.0173. The number of rotatable bonds is 2. The van der Waals surface area contributed by atoms with Crippen molar-refractivity contribution in [3.05, 3.63) is 24.0 Å². The largest absolute Gasteiger partial charge is 0.491 e. The van der Waals surface area contributed by atoms with Gasteiger partial charge in [0.1, 0.15) is 17.3 Å². The smallest absolute Gasteiger partial charge is 0.149 e. The van der Waals surface area contributed by atoms with Gasteiger partial charge in [-0.2, -0.15) is 0 Å². The van der Waals surface area contributed by atoms with Gasteiger partial charge in [0.25, 0.3) is 0 Å². The summed E-state index contributed by atoms with van der Waals surface area (Å²) in [6.07, 6.45) is 0. The van der Waals surface area contributed by atoms with Crippen molar-refractivity contribution in [1.29, 1.82) is 0 Å². The Bertz CT molecular complexity index is 318. The molecule has 0 bridgehead atoms. The van der Waals surface area contributed by atoms with Gasteiger partial charge in [0.15, 0.2) is 0 Å². The van der Waals surface area contributed by atoms with Gasteiger partial charge in [0.05, 0.1) is 6.61 Å². The number of nitrogen functional groups attached to an aromatic ring is 1. The molecule has 0 spiro atoms. The third-order valence-electron chi connectivity index (χ3n) is 1.67. The van der Waals surface area contributed by atoms with E-state index in [0.717, 1.165) is 0 Å². The lowest BCUT2D eigenvalue weighted by atomic mass is 9.99. The Kier molecular flexibility index (Phi) is 2.99. The van der Waals surface area contributed by atoms with Crippen LogP contribution in [0.1, 0.15) is 20.8 Å². The molecule has 0 amide bonds. The Morgan fingerprint density at radius 3 is 2.57 bits per heavy atom. The summed E-state index contributed by atoms with van der Waals surface area (Å²) in [7, 11) is 0. The Balaban J connectivity index is 2.73. The number of halogens is 1. The average Bonchev–Trinajstić information content (AvgIpc) is 2.06. The molecule has 0 atom stereocenters. The topological polar surface area (TPSA) is 35.2 Å². The molecule has 0 saturated heterocycles. The third-order valence-corrected chi connectivity index (χ3v) is 1.67. The van der Waals surface area contributed by atoms with Crippen LogP contribution in [0.5, 0.6) is 5.75 Å². The van der Waals surface area contributed by atoms with E-state index in [2.05, 4.69) is 0 Å². The second kappa shape index (κ2) is 3.86. The lowest BCUT2D eigenvalue weighted by Gasteiger charge is -2.19. The van der Waals surface area contributed by atoms with Crippen LogP contribution in [0.4, 0.5) is 10.1 Å². The van der Waals surface area contributed by atoms with E-state index in [9.17, 15) is 4.39 Å². The van der Waals surface area contributed by atoms with E-state index < -0.39 is 5.82 Å². The molecule has 1 aromatic carbocycles. The molecule has 0 radical (unpaired) electrons. The highest BCUT2D eigenvalue weighted by Gasteiger charge is 2.13. The van der Waals surface area contributed by atoms with Gasteiger partial charge in [0, 0.05) is 0 Å². The minimum Gasteiger partial charge on any atom is -0.491 e. The summed E-state index contributed by atoms with van der Waals surface area (Å²) < 4.78 is 18.4. The second-order valence-electron chi connectivity index (χ2n) is 4.50. The molecule has 2 N–H and O–H groups in total. The lowest BCUT2D eigenvalue weighted by Crippen LogP contribution is -2.17.